The fraction of sp³-hybridized carbons (Fsp3) is 0.0909. The van der Waals surface area contributed by atoms with E-state index in [1.54, 1.807) is 30.9 Å². The van der Waals surface area contributed by atoms with Gasteiger partial charge in [-0.15, -0.1) is 0 Å². The van der Waals surface area contributed by atoms with Crippen molar-refractivity contribution in [3.8, 4) is 0 Å². The number of amides is 1. The summed E-state index contributed by atoms with van der Waals surface area (Å²) in [6.07, 6.45) is 17.2. The number of benzene rings is 1. The van der Waals surface area contributed by atoms with Crippen LogP contribution in [-0.2, 0) is 9.53 Å². The highest BCUT2D eigenvalue weighted by Crippen LogP contribution is 2.23. The topological polar surface area (TPSA) is 79.7 Å². The highest BCUT2D eigenvalue weighted by molar-refractivity contribution is 5.92. The van der Waals surface area contributed by atoms with E-state index in [-0.39, 0.29) is 12.5 Å². The smallest absolute Gasteiger partial charge is 0.265 e. The van der Waals surface area contributed by atoms with E-state index in [1.165, 1.54) is 12.5 Å². The molecule has 7 heteroatoms. The lowest BCUT2D eigenvalue weighted by Gasteiger charge is -2.17. The Morgan fingerprint density at radius 2 is 2.03 bits per heavy atom. The first-order chi connectivity index (χ1) is 14.3. The molecule has 1 amide bonds. The van der Waals surface area contributed by atoms with Gasteiger partial charge in [-0.3, -0.25) is 4.79 Å². The van der Waals surface area contributed by atoms with Crippen molar-refractivity contribution in [3.63, 3.8) is 0 Å². The second kappa shape index (κ2) is 8.79. The van der Waals surface area contributed by atoms with Gasteiger partial charge in [-0.05, 0) is 29.9 Å². The van der Waals surface area contributed by atoms with Crippen LogP contribution in [-0.4, -0.2) is 40.1 Å². The van der Waals surface area contributed by atoms with Gasteiger partial charge in [-0.1, -0.05) is 30.4 Å². The Hall–Kier alpha value is -4.00. The summed E-state index contributed by atoms with van der Waals surface area (Å²) >= 11 is 0. The number of hydrogen-bond donors (Lipinski definition) is 1. The third-order valence-corrected chi connectivity index (χ3v) is 4.36. The Labute approximate surface area is 168 Å². The van der Waals surface area contributed by atoms with Crippen LogP contribution in [0, 0.1) is 0 Å². The summed E-state index contributed by atoms with van der Waals surface area (Å²) in [5, 5.41) is 3.33. The molecule has 2 aliphatic rings. The minimum atomic E-state index is -0.224. The highest BCUT2D eigenvalue weighted by Gasteiger charge is 2.15. The quantitative estimate of drug-likeness (QED) is 0.747. The molecule has 1 N–H and O–H groups in total. The van der Waals surface area contributed by atoms with Crippen LogP contribution in [0.25, 0.3) is 12.2 Å². The normalized spacial score (nSPS) is 20.2. The Morgan fingerprint density at radius 1 is 1.10 bits per heavy atom. The van der Waals surface area contributed by atoms with E-state index in [2.05, 4.69) is 20.3 Å². The van der Waals surface area contributed by atoms with Crippen LogP contribution in [0.15, 0.2) is 78.2 Å². The second-order valence-electron chi connectivity index (χ2n) is 6.33. The van der Waals surface area contributed by atoms with E-state index in [4.69, 9.17) is 4.74 Å². The average Bonchev–Trinajstić information content (AvgIpc) is 3.17. The molecule has 3 heterocycles. The lowest BCUT2D eigenvalue weighted by molar-refractivity contribution is -0.118. The fourth-order valence-electron chi connectivity index (χ4n) is 2.93. The largest absolute Gasteiger partial charge is 0.470 e. The van der Waals surface area contributed by atoms with Crippen LogP contribution in [0.1, 0.15) is 11.1 Å². The molecule has 0 saturated heterocycles. The SMILES string of the molecule is O=C1CN2CC=C/C2=C/O/C=C/c2cncnc2Nc2ccccc2/C=C/C=N1. The number of hydrogen-bond acceptors (Lipinski definition) is 6. The first-order valence-electron chi connectivity index (χ1n) is 9.13. The molecule has 144 valence electrons. The Bertz CT molecular complexity index is 1050. The summed E-state index contributed by atoms with van der Waals surface area (Å²) in [4.78, 5) is 26.5. The number of carbonyl (C=O) groups is 1. The number of nitrogens with zero attached hydrogens (tertiary/aromatic N) is 4. The van der Waals surface area contributed by atoms with Gasteiger partial charge in [-0.25, -0.2) is 15.0 Å². The number of aromatic nitrogens is 2. The van der Waals surface area contributed by atoms with Crippen LogP contribution in [0.3, 0.4) is 0 Å². The standard InChI is InChI=1S/C22H19N5O2/c28-21-14-27-11-4-7-19(27)15-29-12-9-18-13-23-16-25-22(18)26-20-8-2-1-5-17(20)6-3-10-24-21/h1-10,12-13,15-16H,11,14H2,(H,23,25,26)/b6-3+,12-9+,19-15-,24-10?. The fourth-order valence-corrected chi connectivity index (χ4v) is 2.93. The Balaban J connectivity index is 1.69. The van der Waals surface area contributed by atoms with Crippen molar-refractivity contribution in [1.29, 1.82) is 0 Å². The number of para-hydroxylation sites is 1. The number of anilines is 2. The van der Waals surface area contributed by atoms with Crippen LogP contribution in [0.5, 0.6) is 0 Å². The van der Waals surface area contributed by atoms with Gasteiger partial charge in [0.25, 0.3) is 5.91 Å². The molecule has 0 bridgehead atoms. The van der Waals surface area contributed by atoms with Crippen molar-refractivity contribution < 1.29 is 9.53 Å². The van der Waals surface area contributed by atoms with E-state index >= 15 is 0 Å². The van der Waals surface area contributed by atoms with Gasteiger partial charge >= 0.3 is 0 Å². The molecule has 2 aromatic rings. The molecule has 0 atom stereocenters. The number of ether oxygens (including phenoxy) is 1. The second-order valence-corrected chi connectivity index (χ2v) is 6.33. The number of aliphatic imine (C=N–C) groups is 1. The number of rotatable bonds is 0. The number of allylic oxidation sites excluding steroid dienone is 2. The van der Waals surface area contributed by atoms with Crippen LogP contribution >= 0.6 is 0 Å². The van der Waals surface area contributed by atoms with Gasteiger partial charge in [-0.2, -0.15) is 0 Å². The number of nitrogens with one attached hydrogen (secondary N) is 1. The van der Waals surface area contributed by atoms with Crippen LogP contribution in [0.2, 0.25) is 0 Å². The lowest BCUT2D eigenvalue weighted by atomic mass is 10.1. The van der Waals surface area contributed by atoms with E-state index < -0.39 is 0 Å². The van der Waals surface area contributed by atoms with Crippen LogP contribution < -0.4 is 5.32 Å². The van der Waals surface area contributed by atoms with Crippen molar-refractivity contribution in [3.05, 3.63) is 84.4 Å². The van der Waals surface area contributed by atoms with Crippen molar-refractivity contribution >= 4 is 35.8 Å². The summed E-state index contributed by atoms with van der Waals surface area (Å²) in [5.41, 5.74) is 3.40. The minimum absolute atomic E-state index is 0.186. The van der Waals surface area contributed by atoms with Crippen molar-refractivity contribution in [2.45, 2.75) is 0 Å². The third kappa shape index (κ3) is 4.65. The Kier molecular flexibility index (Phi) is 5.57. The maximum Gasteiger partial charge on any atom is 0.265 e. The molecule has 0 spiro atoms. The average molecular weight is 385 g/mol. The molecule has 4 rings (SSSR count). The maximum atomic E-state index is 12.2. The van der Waals surface area contributed by atoms with Gasteiger partial charge in [0.15, 0.2) is 0 Å². The summed E-state index contributed by atoms with van der Waals surface area (Å²) in [5.74, 6) is 0.433. The zero-order chi connectivity index (χ0) is 19.9. The van der Waals surface area contributed by atoms with Gasteiger partial charge in [0.2, 0.25) is 0 Å². The summed E-state index contributed by atoms with van der Waals surface area (Å²) in [6, 6.07) is 7.80. The molecule has 0 unspecified atom stereocenters. The molecule has 0 saturated carbocycles. The predicted molar refractivity (Wildman–Crippen MR) is 113 cm³/mol. The third-order valence-electron chi connectivity index (χ3n) is 4.36. The number of fused-ring (bicyclic) bond motifs is 3. The molecule has 1 aromatic heterocycles. The minimum Gasteiger partial charge on any atom is -0.470 e. The summed E-state index contributed by atoms with van der Waals surface area (Å²) in [6.45, 7) is 0.828. The molecule has 0 radical (unpaired) electrons. The van der Waals surface area contributed by atoms with Crippen molar-refractivity contribution in [2.24, 2.45) is 4.99 Å². The van der Waals surface area contributed by atoms with E-state index in [9.17, 15) is 4.79 Å². The zero-order valence-electron chi connectivity index (χ0n) is 15.6. The molecule has 1 aromatic carbocycles. The van der Waals surface area contributed by atoms with Gasteiger partial charge in [0.05, 0.1) is 18.5 Å². The lowest BCUT2D eigenvalue weighted by Crippen LogP contribution is -2.25. The van der Waals surface area contributed by atoms with Gasteiger partial charge < -0.3 is 15.0 Å². The molecule has 0 fully saturated rings. The molecular weight excluding hydrogens is 366 g/mol. The molecular formula is C22H19N5O2. The van der Waals surface area contributed by atoms with E-state index in [1.807, 2.05) is 47.4 Å². The van der Waals surface area contributed by atoms with Gasteiger partial charge in [0, 0.05) is 30.2 Å². The van der Waals surface area contributed by atoms with E-state index in [0.717, 1.165) is 22.5 Å². The zero-order valence-corrected chi connectivity index (χ0v) is 15.6. The number of carbonyl (C=O) groups excluding carboxylic acids is 1. The summed E-state index contributed by atoms with van der Waals surface area (Å²) < 4.78 is 5.55. The predicted octanol–water partition coefficient (Wildman–Crippen LogP) is 3.54. The van der Waals surface area contributed by atoms with Crippen LogP contribution in [0.4, 0.5) is 11.5 Å². The first-order valence-corrected chi connectivity index (χ1v) is 9.13. The maximum absolute atomic E-state index is 12.2. The Morgan fingerprint density at radius 3 is 3.00 bits per heavy atom. The van der Waals surface area contributed by atoms with Crippen molar-refractivity contribution in [2.75, 3.05) is 18.4 Å². The first kappa shape index (κ1) is 18.4. The molecule has 7 nitrogen and oxygen atoms in total. The molecule has 2 aliphatic heterocycles. The van der Waals surface area contributed by atoms with Gasteiger partial charge in [0.1, 0.15) is 18.4 Å². The van der Waals surface area contributed by atoms with E-state index in [0.29, 0.717) is 12.4 Å². The molecule has 0 aliphatic carbocycles. The van der Waals surface area contributed by atoms with Crippen molar-refractivity contribution in [1.82, 2.24) is 14.9 Å². The highest BCUT2D eigenvalue weighted by atomic mass is 16.5. The monoisotopic (exact) mass is 385 g/mol. The molecule has 29 heavy (non-hydrogen) atoms. The summed E-state index contributed by atoms with van der Waals surface area (Å²) in [7, 11) is 0.